The van der Waals surface area contributed by atoms with Crippen molar-refractivity contribution in [3.05, 3.63) is 30.5 Å². The Hall–Kier alpha value is -1.09. The van der Waals surface area contributed by atoms with E-state index in [1.165, 1.54) is 12.0 Å². The third kappa shape index (κ3) is 1.16. The van der Waals surface area contributed by atoms with Crippen LogP contribution in [0.25, 0.3) is 10.9 Å². The molecule has 1 aromatic carbocycles. The molecular formula is C9H9NOS. The van der Waals surface area contributed by atoms with Crippen LogP contribution in [0.3, 0.4) is 0 Å². The van der Waals surface area contributed by atoms with Crippen LogP contribution in [0.15, 0.2) is 30.5 Å². The van der Waals surface area contributed by atoms with Gasteiger partial charge in [0.15, 0.2) is 0 Å². The minimum Gasteiger partial charge on any atom is -0.425 e. The maximum atomic E-state index is 5.37. The molecule has 1 aromatic heterocycles. The number of nitrogens with one attached hydrogen (secondary N) is 1. The highest BCUT2D eigenvalue weighted by Gasteiger charge is 2.00. The van der Waals surface area contributed by atoms with Crippen LogP contribution in [0.4, 0.5) is 0 Å². The predicted octanol–water partition coefficient (Wildman–Crippen LogP) is 2.82. The topological polar surface area (TPSA) is 25.0 Å². The number of aromatic amines is 1. The van der Waals surface area contributed by atoms with Crippen molar-refractivity contribution in [2.24, 2.45) is 0 Å². The van der Waals surface area contributed by atoms with Crippen LogP contribution in [0.1, 0.15) is 0 Å². The maximum absolute atomic E-state index is 5.37. The molecule has 2 rings (SSSR count). The Balaban J connectivity index is 2.57. The van der Waals surface area contributed by atoms with Gasteiger partial charge in [-0.1, -0.05) is 6.07 Å². The van der Waals surface area contributed by atoms with E-state index in [0.717, 1.165) is 16.7 Å². The number of aromatic nitrogens is 1. The lowest BCUT2D eigenvalue weighted by molar-refractivity contribution is 0.658. The number of benzene rings is 1. The van der Waals surface area contributed by atoms with Gasteiger partial charge in [-0.05, 0) is 18.2 Å². The summed E-state index contributed by atoms with van der Waals surface area (Å²) in [7, 11) is 0. The van der Waals surface area contributed by atoms with Crippen LogP contribution in [-0.2, 0) is 0 Å². The molecule has 62 valence electrons. The highest BCUT2D eigenvalue weighted by atomic mass is 32.2. The Morgan fingerprint density at radius 3 is 3.08 bits per heavy atom. The fourth-order valence-corrected chi connectivity index (χ4v) is 1.54. The SMILES string of the molecule is CSOc1cccc2[nH]ccc12. The molecule has 0 aliphatic heterocycles. The highest BCUT2D eigenvalue weighted by Crippen LogP contribution is 2.26. The van der Waals surface area contributed by atoms with E-state index < -0.39 is 0 Å². The molecule has 12 heavy (non-hydrogen) atoms. The molecule has 0 amide bonds. The van der Waals surface area contributed by atoms with Gasteiger partial charge in [0.25, 0.3) is 0 Å². The first-order valence-corrected chi connectivity index (χ1v) is 4.83. The van der Waals surface area contributed by atoms with Gasteiger partial charge in [-0.2, -0.15) is 0 Å². The normalized spacial score (nSPS) is 10.4. The number of H-pyrrole nitrogens is 1. The fourth-order valence-electron chi connectivity index (χ4n) is 1.22. The van der Waals surface area contributed by atoms with Crippen LogP contribution in [0.2, 0.25) is 0 Å². The molecule has 0 spiro atoms. The second-order valence-electron chi connectivity index (χ2n) is 2.45. The summed E-state index contributed by atoms with van der Waals surface area (Å²) in [5.74, 6) is 0.918. The van der Waals surface area contributed by atoms with Crippen LogP contribution >= 0.6 is 12.0 Å². The van der Waals surface area contributed by atoms with E-state index in [2.05, 4.69) is 4.98 Å². The Morgan fingerprint density at radius 1 is 1.33 bits per heavy atom. The van der Waals surface area contributed by atoms with Gasteiger partial charge in [0.05, 0.1) is 12.0 Å². The minimum absolute atomic E-state index is 0.918. The Bertz CT molecular complexity index is 383. The van der Waals surface area contributed by atoms with E-state index in [1.54, 1.807) is 0 Å². The van der Waals surface area contributed by atoms with Crippen molar-refractivity contribution in [3.63, 3.8) is 0 Å². The Morgan fingerprint density at radius 2 is 2.25 bits per heavy atom. The standard InChI is InChI=1S/C9H9NOS/c1-12-11-9-4-2-3-8-7(9)5-6-10-8/h2-6,10H,1H3. The molecule has 1 N–H and O–H groups in total. The van der Waals surface area contributed by atoms with Crippen LogP contribution in [0, 0.1) is 0 Å². The van der Waals surface area contributed by atoms with Crippen molar-refractivity contribution >= 4 is 22.9 Å². The summed E-state index contributed by atoms with van der Waals surface area (Å²) in [6.45, 7) is 0. The van der Waals surface area contributed by atoms with Crippen LogP contribution in [0.5, 0.6) is 5.75 Å². The zero-order valence-electron chi connectivity index (χ0n) is 6.70. The summed E-state index contributed by atoms with van der Waals surface area (Å²) in [6, 6.07) is 7.99. The number of fused-ring (bicyclic) bond motifs is 1. The van der Waals surface area contributed by atoms with E-state index in [-0.39, 0.29) is 0 Å². The third-order valence-corrected chi connectivity index (χ3v) is 2.07. The largest absolute Gasteiger partial charge is 0.425 e. The maximum Gasteiger partial charge on any atom is 0.146 e. The first-order valence-electron chi connectivity index (χ1n) is 3.68. The van der Waals surface area contributed by atoms with E-state index in [9.17, 15) is 0 Å². The van der Waals surface area contributed by atoms with Gasteiger partial charge in [-0.15, -0.1) is 0 Å². The lowest BCUT2D eigenvalue weighted by Crippen LogP contribution is -1.79. The molecule has 0 radical (unpaired) electrons. The lowest BCUT2D eigenvalue weighted by atomic mass is 10.2. The number of hydrogen-bond donors (Lipinski definition) is 1. The first kappa shape index (κ1) is 7.55. The smallest absolute Gasteiger partial charge is 0.146 e. The second kappa shape index (κ2) is 3.11. The van der Waals surface area contributed by atoms with Crippen molar-refractivity contribution in [1.82, 2.24) is 4.98 Å². The van der Waals surface area contributed by atoms with Crippen molar-refractivity contribution in [2.75, 3.05) is 6.26 Å². The van der Waals surface area contributed by atoms with Gasteiger partial charge in [0.1, 0.15) is 5.75 Å². The molecular weight excluding hydrogens is 170 g/mol. The van der Waals surface area contributed by atoms with Gasteiger partial charge in [-0.25, -0.2) is 0 Å². The molecule has 0 unspecified atom stereocenters. The van der Waals surface area contributed by atoms with Crippen LogP contribution < -0.4 is 4.18 Å². The minimum atomic E-state index is 0.918. The molecule has 2 nitrogen and oxygen atoms in total. The summed E-state index contributed by atoms with van der Waals surface area (Å²) >= 11 is 1.36. The lowest BCUT2D eigenvalue weighted by Gasteiger charge is -2.00. The Labute approximate surface area is 75.1 Å². The summed E-state index contributed by atoms with van der Waals surface area (Å²) in [6.07, 6.45) is 3.82. The molecule has 2 aromatic rings. The zero-order valence-corrected chi connectivity index (χ0v) is 7.52. The molecule has 1 heterocycles. The summed E-state index contributed by atoms with van der Waals surface area (Å²) in [5.41, 5.74) is 1.11. The Kier molecular flexibility index (Phi) is 1.96. The molecule has 0 aliphatic rings. The van der Waals surface area contributed by atoms with Crippen LogP contribution in [-0.4, -0.2) is 11.2 Å². The third-order valence-electron chi connectivity index (χ3n) is 1.73. The molecule has 0 atom stereocenters. The zero-order chi connectivity index (χ0) is 8.39. The van der Waals surface area contributed by atoms with Gasteiger partial charge in [0, 0.05) is 23.4 Å². The monoisotopic (exact) mass is 179 g/mol. The molecule has 3 heteroatoms. The van der Waals surface area contributed by atoms with E-state index in [0.29, 0.717) is 0 Å². The van der Waals surface area contributed by atoms with Crippen molar-refractivity contribution in [3.8, 4) is 5.75 Å². The molecule has 0 saturated carbocycles. The van der Waals surface area contributed by atoms with E-state index in [4.69, 9.17) is 4.18 Å². The van der Waals surface area contributed by atoms with Crippen molar-refractivity contribution in [2.45, 2.75) is 0 Å². The first-order chi connectivity index (χ1) is 5.92. The van der Waals surface area contributed by atoms with Gasteiger partial charge in [-0.3, -0.25) is 0 Å². The van der Waals surface area contributed by atoms with E-state index in [1.807, 2.05) is 36.7 Å². The second-order valence-corrected chi connectivity index (χ2v) is 2.95. The molecule has 0 saturated heterocycles. The van der Waals surface area contributed by atoms with E-state index >= 15 is 0 Å². The summed E-state index contributed by atoms with van der Waals surface area (Å²) in [5, 5.41) is 1.13. The molecule has 0 fully saturated rings. The highest BCUT2D eigenvalue weighted by molar-refractivity contribution is 7.94. The van der Waals surface area contributed by atoms with Gasteiger partial charge in [0.2, 0.25) is 0 Å². The number of hydrogen-bond acceptors (Lipinski definition) is 2. The summed E-state index contributed by atoms with van der Waals surface area (Å²) in [4.78, 5) is 3.13. The number of rotatable bonds is 2. The average molecular weight is 179 g/mol. The fraction of sp³-hybridized carbons (Fsp3) is 0.111. The predicted molar refractivity (Wildman–Crippen MR) is 52.4 cm³/mol. The summed E-state index contributed by atoms with van der Waals surface area (Å²) < 4.78 is 5.37. The molecule has 0 bridgehead atoms. The van der Waals surface area contributed by atoms with Crippen molar-refractivity contribution in [1.29, 1.82) is 0 Å². The van der Waals surface area contributed by atoms with Gasteiger partial charge >= 0.3 is 0 Å². The quantitative estimate of drug-likeness (QED) is 0.717. The van der Waals surface area contributed by atoms with Gasteiger partial charge < -0.3 is 9.17 Å². The average Bonchev–Trinajstić information content (AvgIpc) is 2.53. The molecule has 0 aliphatic carbocycles. The van der Waals surface area contributed by atoms with Crippen molar-refractivity contribution < 1.29 is 4.18 Å².